The molecule has 0 radical (unpaired) electrons. The maximum Gasteiger partial charge on any atom is 0.242 e. The summed E-state index contributed by atoms with van der Waals surface area (Å²) in [5.74, 6) is 0.140. The Morgan fingerprint density at radius 3 is 2.68 bits per heavy atom. The molecule has 4 aromatic rings. The van der Waals surface area contributed by atoms with Gasteiger partial charge in [0.05, 0.1) is 31.0 Å². The van der Waals surface area contributed by atoms with E-state index in [9.17, 15) is 9.18 Å². The van der Waals surface area contributed by atoms with Crippen LogP contribution in [0.15, 0.2) is 61.2 Å². The Morgan fingerprint density at radius 2 is 1.97 bits per heavy atom. The van der Waals surface area contributed by atoms with Crippen molar-refractivity contribution in [2.45, 2.75) is 20.0 Å². The lowest BCUT2D eigenvalue weighted by atomic mass is 10.1. The van der Waals surface area contributed by atoms with E-state index in [1.165, 1.54) is 16.8 Å². The van der Waals surface area contributed by atoms with Gasteiger partial charge < -0.3 is 14.6 Å². The van der Waals surface area contributed by atoms with Crippen LogP contribution in [-0.2, 0) is 17.9 Å². The highest BCUT2D eigenvalue weighted by atomic mass is 19.1. The zero-order valence-electron chi connectivity index (χ0n) is 17.1. The van der Waals surface area contributed by atoms with E-state index in [-0.39, 0.29) is 18.3 Å². The van der Waals surface area contributed by atoms with E-state index >= 15 is 0 Å². The first-order chi connectivity index (χ1) is 15.0. The summed E-state index contributed by atoms with van der Waals surface area (Å²) < 4.78 is 21.8. The van der Waals surface area contributed by atoms with E-state index in [0.717, 1.165) is 22.5 Å². The fourth-order valence-electron chi connectivity index (χ4n) is 3.12. The Labute approximate surface area is 178 Å². The maximum absolute atomic E-state index is 13.0. The summed E-state index contributed by atoms with van der Waals surface area (Å²) in [4.78, 5) is 16.4. The number of halogens is 1. The molecule has 0 fully saturated rings. The number of aromatic nitrogens is 5. The number of imidazole rings is 1. The van der Waals surface area contributed by atoms with Crippen LogP contribution in [0.4, 0.5) is 4.39 Å². The second-order valence-corrected chi connectivity index (χ2v) is 7.01. The Bertz CT molecular complexity index is 1200. The van der Waals surface area contributed by atoms with Crippen LogP contribution < -0.4 is 10.1 Å². The molecule has 0 spiro atoms. The summed E-state index contributed by atoms with van der Waals surface area (Å²) >= 11 is 0. The molecule has 0 saturated heterocycles. The molecule has 2 aromatic carbocycles. The number of ether oxygens (including phenoxy) is 1. The van der Waals surface area contributed by atoms with Crippen LogP contribution in [0.2, 0.25) is 0 Å². The lowest BCUT2D eigenvalue weighted by Gasteiger charge is -2.10. The Morgan fingerprint density at radius 1 is 1.16 bits per heavy atom. The molecule has 2 aromatic heterocycles. The normalized spacial score (nSPS) is 10.8. The van der Waals surface area contributed by atoms with Crippen LogP contribution in [0.1, 0.15) is 11.3 Å². The first-order valence-corrected chi connectivity index (χ1v) is 9.62. The number of carbonyl (C=O) groups is 1. The Hall–Kier alpha value is -4.01. The molecule has 0 saturated carbocycles. The van der Waals surface area contributed by atoms with Crippen molar-refractivity contribution >= 4 is 5.91 Å². The second kappa shape index (κ2) is 8.78. The van der Waals surface area contributed by atoms with Gasteiger partial charge in [0.15, 0.2) is 0 Å². The molecule has 0 aliphatic heterocycles. The number of nitrogens with one attached hydrogen (secondary N) is 1. The zero-order chi connectivity index (χ0) is 21.8. The third kappa shape index (κ3) is 4.77. The van der Waals surface area contributed by atoms with Gasteiger partial charge in [0.25, 0.3) is 0 Å². The van der Waals surface area contributed by atoms with Gasteiger partial charge in [0, 0.05) is 18.3 Å². The first-order valence-electron chi connectivity index (χ1n) is 9.62. The zero-order valence-corrected chi connectivity index (χ0v) is 17.1. The topological polar surface area (TPSA) is 86.9 Å². The van der Waals surface area contributed by atoms with Gasteiger partial charge in [-0.1, -0.05) is 23.4 Å². The van der Waals surface area contributed by atoms with Gasteiger partial charge in [-0.2, -0.15) is 0 Å². The average Bonchev–Trinajstić information content (AvgIpc) is 3.42. The van der Waals surface area contributed by atoms with Gasteiger partial charge in [-0.15, -0.1) is 5.10 Å². The summed E-state index contributed by atoms with van der Waals surface area (Å²) in [7, 11) is 1.61. The number of rotatable bonds is 7. The van der Waals surface area contributed by atoms with Crippen LogP contribution in [0, 0.1) is 12.7 Å². The number of methoxy groups -OCH3 is 1. The summed E-state index contributed by atoms with van der Waals surface area (Å²) in [5, 5.41) is 11.0. The minimum atomic E-state index is -0.310. The summed E-state index contributed by atoms with van der Waals surface area (Å²) in [6.07, 6.45) is 5.35. The molecule has 1 amide bonds. The highest BCUT2D eigenvalue weighted by Gasteiger charge is 2.12. The molecule has 0 aliphatic rings. The minimum absolute atomic E-state index is 0.0255. The smallest absolute Gasteiger partial charge is 0.242 e. The molecule has 2 heterocycles. The number of amides is 1. The Balaban J connectivity index is 1.43. The van der Waals surface area contributed by atoms with Crippen LogP contribution in [-0.4, -0.2) is 37.6 Å². The van der Waals surface area contributed by atoms with Gasteiger partial charge in [-0.3, -0.25) is 4.79 Å². The van der Waals surface area contributed by atoms with Gasteiger partial charge in [0.2, 0.25) is 5.91 Å². The lowest BCUT2D eigenvalue weighted by Crippen LogP contribution is -2.27. The minimum Gasteiger partial charge on any atom is -0.495 e. The predicted molar refractivity (Wildman–Crippen MR) is 112 cm³/mol. The van der Waals surface area contributed by atoms with Crippen LogP contribution in [0.25, 0.3) is 16.9 Å². The fraction of sp³-hybridized carbons (Fsp3) is 0.182. The van der Waals surface area contributed by atoms with Crippen molar-refractivity contribution in [1.82, 2.24) is 29.9 Å². The van der Waals surface area contributed by atoms with Crippen LogP contribution in [0.3, 0.4) is 0 Å². The van der Waals surface area contributed by atoms with E-state index in [1.807, 2.05) is 35.9 Å². The number of benzene rings is 2. The van der Waals surface area contributed by atoms with Crippen molar-refractivity contribution in [3.8, 4) is 22.7 Å². The molecule has 0 atom stereocenters. The quantitative estimate of drug-likeness (QED) is 0.497. The van der Waals surface area contributed by atoms with E-state index in [0.29, 0.717) is 18.0 Å². The molecule has 8 nitrogen and oxygen atoms in total. The number of aryl methyl sites for hydroxylation is 1. The molecular weight excluding hydrogens is 399 g/mol. The highest BCUT2D eigenvalue weighted by Crippen LogP contribution is 2.28. The van der Waals surface area contributed by atoms with Gasteiger partial charge in [-0.25, -0.2) is 14.1 Å². The average molecular weight is 420 g/mol. The predicted octanol–water partition coefficient (Wildman–Crippen LogP) is 2.90. The molecule has 9 heteroatoms. The van der Waals surface area contributed by atoms with Crippen molar-refractivity contribution in [3.63, 3.8) is 0 Å². The number of nitrogens with zero attached hydrogens (tertiary/aromatic N) is 5. The SMILES string of the molecule is COc1cc(-c2cn(CC(=O)NCc3ccc(F)cc3)nn2)ccc1-n1cnc(C)c1. The lowest BCUT2D eigenvalue weighted by molar-refractivity contribution is -0.122. The number of hydrogen-bond acceptors (Lipinski definition) is 5. The maximum atomic E-state index is 13.0. The van der Waals surface area contributed by atoms with Gasteiger partial charge in [-0.05, 0) is 36.8 Å². The number of hydrogen-bond donors (Lipinski definition) is 1. The van der Waals surface area contributed by atoms with Crippen molar-refractivity contribution in [1.29, 1.82) is 0 Å². The standard InChI is InChI=1S/C22H21FN6O2/c1-15-11-28(14-25-15)20-8-5-17(9-21(20)31-2)19-12-29(27-26-19)13-22(30)24-10-16-3-6-18(23)7-4-16/h3-9,11-12,14H,10,13H2,1-2H3,(H,24,30). The number of carbonyl (C=O) groups excluding carboxylic acids is 1. The summed E-state index contributed by atoms with van der Waals surface area (Å²) in [6.45, 7) is 2.26. The Kier molecular flexibility index (Phi) is 5.74. The van der Waals surface area contributed by atoms with Gasteiger partial charge >= 0.3 is 0 Å². The summed E-state index contributed by atoms with van der Waals surface area (Å²) in [5.41, 5.74) is 4.02. The van der Waals surface area contributed by atoms with Crippen molar-refractivity contribution in [2.24, 2.45) is 0 Å². The van der Waals surface area contributed by atoms with Crippen LogP contribution >= 0.6 is 0 Å². The van der Waals surface area contributed by atoms with E-state index in [4.69, 9.17) is 4.74 Å². The summed E-state index contributed by atoms with van der Waals surface area (Å²) in [6, 6.07) is 11.7. The third-order valence-corrected chi connectivity index (χ3v) is 4.71. The van der Waals surface area contributed by atoms with Crippen molar-refractivity contribution in [3.05, 3.63) is 78.3 Å². The molecular formula is C22H21FN6O2. The molecule has 4 rings (SSSR count). The first kappa shape index (κ1) is 20.3. The molecule has 0 unspecified atom stereocenters. The van der Waals surface area contributed by atoms with E-state index < -0.39 is 0 Å². The third-order valence-electron chi connectivity index (χ3n) is 4.71. The van der Waals surface area contributed by atoms with Crippen molar-refractivity contribution in [2.75, 3.05) is 7.11 Å². The molecule has 158 valence electrons. The van der Waals surface area contributed by atoms with Gasteiger partial charge in [0.1, 0.15) is 23.8 Å². The van der Waals surface area contributed by atoms with Crippen molar-refractivity contribution < 1.29 is 13.9 Å². The van der Waals surface area contributed by atoms with E-state index in [2.05, 4.69) is 20.6 Å². The molecule has 1 N–H and O–H groups in total. The molecule has 31 heavy (non-hydrogen) atoms. The van der Waals surface area contributed by atoms with E-state index in [1.54, 1.807) is 31.8 Å². The van der Waals surface area contributed by atoms with Crippen LogP contribution in [0.5, 0.6) is 5.75 Å². The second-order valence-electron chi connectivity index (χ2n) is 7.01. The monoisotopic (exact) mass is 420 g/mol. The molecule has 0 bridgehead atoms. The molecule has 0 aliphatic carbocycles. The highest BCUT2D eigenvalue weighted by molar-refractivity contribution is 5.75. The fourth-order valence-corrected chi connectivity index (χ4v) is 3.12. The largest absolute Gasteiger partial charge is 0.495 e.